The number of rotatable bonds is 3. The average Bonchev–Trinajstić information content (AvgIpc) is 2.31. The second-order valence-corrected chi connectivity index (χ2v) is 5.63. The predicted molar refractivity (Wildman–Crippen MR) is 80.4 cm³/mol. The molecule has 0 saturated heterocycles. The molecule has 0 saturated carbocycles. The summed E-state index contributed by atoms with van der Waals surface area (Å²) >= 11 is 6.73. The standard InChI is InChI=1S/C12H12Br2N4/c1-18(7-8-2-4-9(13)5-3-8)12-16-10(14)6-11(15)17-12/h2-6H,7H2,1H3,(H2,15,16,17). The third-order valence-corrected chi connectivity index (χ3v) is 3.31. The summed E-state index contributed by atoms with van der Waals surface area (Å²) < 4.78 is 1.75. The summed E-state index contributed by atoms with van der Waals surface area (Å²) in [6.07, 6.45) is 0. The Morgan fingerprint density at radius 3 is 2.44 bits per heavy atom. The van der Waals surface area contributed by atoms with Crippen molar-refractivity contribution in [3.63, 3.8) is 0 Å². The Morgan fingerprint density at radius 2 is 1.83 bits per heavy atom. The molecule has 0 amide bonds. The van der Waals surface area contributed by atoms with Gasteiger partial charge >= 0.3 is 0 Å². The van der Waals surface area contributed by atoms with Gasteiger partial charge in [0, 0.05) is 24.1 Å². The first-order valence-corrected chi connectivity index (χ1v) is 6.89. The van der Waals surface area contributed by atoms with Crippen molar-refractivity contribution in [2.24, 2.45) is 0 Å². The molecule has 2 aromatic rings. The molecule has 0 fully saturated rings. The quantitative estimate of drug-likeness (QED) is 0.841. The summed E-state index contributed by atoms with van der Waals surface area (Å²) in [5.41, 5.74) is 6.88. The van der Waals surface area contributed by atoms with Gasteiger partial charge in [-0.2, -0.15) is 4.98 Å². The summed E-state index contributed by atoms with van der Waals surface area (Å²) in [6.45, 7) is 0.725. The molecule has 0 radical (unpaired) electrons. The van der Waals surface area contributed by atoms with E-state index < -0.39 is 0 Å². The zero-order valence-corrected chi connectivity index (χ0v) is 12.9. The van der Waals surface area contributed by atoms with Gasteiger partial charge in [-0.15, -0.1) is 0 Å². The minimum atomic E-state index is 0.453. The van der Waals surface area contributed by atoms with Crippen molar-refractivity contribution >= 4 is 43.6 Å². The molecule has 94 valence electrons. The van der Waals surface area contributed by atoms with Crippen molar-refractivity contribution in [1.82, 2.24) is 9.97 Å². The molecule has 0 spiro atoms. The van der Waals surface area contributed by atoms with Crippen molar-refractivity contribution in [1.29, 1.82) is 0 Å². The Kier molecular flexibility index (Phi) is 4.19. The fourth-order valence-electron chi connectivity index (χ4n) is 1.53. The lowest BCUT2D eigenvalue weighted by atomic mass is 10.2. The molecular weight excluding hydrogens is 360 g/mol. The normalized spacial score (nSPS) is 10.4. The maximum atomic E-state index is 5.70. The Hall–Kier alpha value is -1.14. The monoisotopic (exact) mass is 370 g/mol. The average molecular weight is 372 g/mol. The zero-order valence-electron chi connectivity index (χ0n) is 9.77. The van der Waals surface area contributed by atoms with E-state index in [2.05, 4.69) is 54.0 Å². The Labute approximate surface area is 122 Å². The molecule has 1 heterocycles. The number of nitrogen functional groups attached to an aromatic ring is 1. The van der Waals surface area contributed by atoms with E-state index >= 15 is 0 Å². The van der Waals surface area contributed by atoms with E-state index in [1.165, 1.54) is 5.56 Å². The third-order valence-electron chi connectivity index (χ3n) is 2.38. The summed E-state index contributed by atoms with van der Waals surface area (Å²) in [7, 11) is 1.93. The van der Waals surface area contributed by atoms with Crippen molar-refractivity contribution in [2.45, 2.75) is 6.54 Å². The smallest absolute Gasteiger partial charge is 0.228 e. The topological polar surface area (TPSA) is 55.0 Å². The molecular formula is C12H12Br2N4. The van der Waals surface area contributed by atoms with Crippen LogP contribution < -0.4 is 10.6 Å². The van der Waals surface area contributed by atoms with Gasteiger partial charge in [0.1, 0.15) is 10.4 Å². The number of nitrogens with zero attached hydrogens (tertiary/aromatic N) is 3. The number of nitrogens with two attached hydrogens (primary N) is 1. The molecule has 2 rings (SSSR count). The SMILES string of the molecule is CN(Cc1ccc(Br)cc1)c1nc(N)cc(Br)n1. The molecule has 0 aliphatic rings. The van der Waals surface area contributed by atoms with Crippen LogP contribution in [0.1, 0.15) is 5.56 Å². The van der Waals surface area contributed by atoms with Crippen LogP contribution in [-0.4, -0.2) is 17.0 Å². The van der Waals surface area contributed by atoms with Gasteiger partial charge < -0.3 is 10.6 Å². The van der Waals surface area contributed by atoms with Crippen LogP contribution in [0, 0.1) is 0 Å². The molecule has 0 unspecified atom stereocenters. The van der Waals surface area contributed by atoms with Crippen LogP contribution in [-0.2, 0) is 6.54 Å². The van der Waals surface area contributed by atoms with Gasteiger partial charge in [-0.1, -0.05) is 28.1 Å². The molecule has 4 nitrogen and oxygen atoms in total. The highest BCUT2D eigenvalue weighted by Crippen LogP contribution is 2.17. The molecule has 0 atom stereocenters. The Balaban J connectivity index is 2.16. The fraction of sp³-hybridized carbons (Fsp3) is 0.167. The van der Waals surface area contributed by atoms with Crippen molar-refractivity contribution in [3.8, 4) is 0 Å². The van der Waals surface area contributed by atoms with Crippen molar-refractivity contribution in [2.75, 3.05) is 17.7 Å². The summed E-state index contributed by atoms with van der Waals surface area (Å²) in [5, 5.41) is 0. The number of anilines is 2. The molecule has 1 aromatic heterocycles. The van der Waals surface area contributed by atoms with Gasteiger partial charge in [0.15, 0.2) is 0 Å². The number of benzene rings is 1. The number of aromatic nitrogens is 2. The van der Waals surface area contributed by atoms with Crippen LogP contribution in [0.2, 0.25) is 0 Å². The third kappa shape index (κ3) is 3.43. The van der Waals surface area contributed by atoms with Gasteiger partial charge in [-0.05, 0) is 33.6 Å². The maximum absolute atomic E-state index is 5.70. The van der Waals surface area contributed by atoms with E-state index in [4.69, 9.17) is 5.73 Å². The molecule has 6 heteroatoms. The van der Waals surface area contributed by atoms with E-state index in [0.29, 0.717) is 16.4 Å². The first kappa shape index (κ1) is 13.3. The fourth-order valence-corrected chi connectivity index (χ4v) is 2.19. The highest BCUT2D eigenvalue weighted by Gasteiger charge is 2.07. The summed E-state index contributed by atoms with van der Waals surface area (Å²) in [4.78, 5) is 10.4. The number of hydrogen-bond donors (Lipinski definition) is 1. The van der Waals surface area contributed by atoms with Gasteiger partial charge in [-0.3, -0.25) is 0 Å². The van der Waals surface area contributed by atoms with E-state index in [-0.39, 0.29) is 0 Å². The molecule has 0 aliphatic carbocycles. The van der Waals surface area contributed by atoms with Gasteiger partial charge in [0.2, 0.25) is 5.95 Å². The summed E-state index contributed by atoms with van der Waals surface area (Å²) in [5.74, 6) is 1.05. The largest absolute Gasteiger partial charge is 0.383 e. The zero-order chi connectivity index (χ0) is 13.1. The van der Waals surface area contributed by atoms with E-state index in [0.717, 1.165) is 11.0 Å². The highest BCUT2D eigenvalue weighted by atomic mass is 79.9. The minimum absolute atomic E-state index is 0.453. The molecule has 18 heavy (non-hydrogen) atoms. The van der Waals surface area contributed by atoms with Crippen LogP contribution in [0.5, 0.6) is 0 Å². The molecule has 2 N–H and O–H groups in total. The van der Waals surface area contributed by atoms with Gasteiger partial charge in [0.05, 0.1) is 0 Å². The van der Waals surface area contributed by atoms with Crippen LogP contribution in [0.25, 0.3) is 0 Å². The molecule has 1 aromatic carbocycles. The van der Waals surface area contributed by atoms with E-state index in [1.807, 2.05) is 24.1 Å². The lowest BCUT2D eigenvalue weighted by molar-refractivity contribution is 0.864. The van der Waals surface area contributed by atoms with E-state index in [1.54, 1.807) is 6.07 Å². The molecule has 0 aliphatic heterocycles. The van der Waals surface area contributed by atoms with Crippen LogP contribution in [0.4, 0.5) is 11.8 Å². The second-order valence-electron chi connectivity index (χ2n) is 3.90. The number of hydrogen-bond acceptors (Lipinski definition) is 4. The first-order valence-electron chi connectivity index (χ1n) is 5.30. The van der Waals surface area contributed by atoms with E-state index in [9.17, 15) is 0 Å². The van der Waals surface area contributed by atoms with Crippen LogP contribution in [0.3, 0.4) is 0 Å². The van der Waals surface area contributed by atoms with Gasteiger partial charge in [0.25, 0.3) is 0 Å². The predicted octanol–water partition coefficient (Wildman–Crippen LogP) is 3.22. The maximum Gasteiger partial charge on any atom is 0.228 e. The highest BCUT2D eigenvalue weighted by molar-refractivity contribution is 9.10. The van der Waals surface area contributed by atoms with Gasteiger partial charge in [-0.25, -0.2) is 4.98 Å². The van der Waals surface area contributed by atoms with Crippen LogP contribution >= 0.6 is 31.9 Å². The van der Waals surface area contributed by atoms with Crippen molar-refractivity contribution < 1.29 is 0 Å². The second kappa shape index (κ2) is 5.67. The minimum Gasteiger partial charge on any atom is -0.383 e. The lowest BCUT2D eigenvalue weighted by Crippen LogP contribution is -2.19. The lowest BCUT2D eigenvalue weighted by Gasteiger charge is -2.17. The molecule has 0 bridgehead atoms. The number of halogens is 2. The first-order chi connectivity index (χ1) is 8.54. The Morgan fingerprint density at radius 1 is 1.17 bits per heavy atom. The van der Waals surface area contributed by atoms with Crippen molar-refractivity contribution in [3.05, 3.63) is 45.0 Å². The van der Waals surface area contributed by atoms with Crippen LogP contribution in [0.15, 0.2) is 39.4 Å². The summed E-state index contributed by atoms with van der Waals surface area (Å²) in [6, 6.07) is 9.82. The Bertz CT molecular complexity index is 522.